The maximum atomic E-state index is 12.2. The van der Waals surface area contributed by atoms with Crippen molar-refractivity contribution >= 4 is 39.1 Å². The first-order valence-electron chi connectivity index (χ1n) is 6.71. The lowest BCUT2D eigenvalue weighted by Crippen LogP contribution is -2.23. The Kier molecular flexibility index (Phi) is 4.17. The fourth-order valence-corrected chi connectivity index (χ4v) is 2.96. The Labute approximate surface area is 140 Å². The molecule has 114 valence electrons. The molecule has 0 aliphatic rings. The minimum absolute atomic E-state index is 0.251. The Morgan fingerprint density at radius 3 is 3.05 bits per heavy atom. The molecule has 22 heavy (non-hydrogen) atoms. The van der Waals surface area contributed by atoms with Gasteiger partial charge in [-0.3, -0.25) is 4.79 Å². The highest BCUT2D eigenvalue weighted by molar-refractivity contribution is 9.10. The Hall–Kier alpha value is -1.86. The van der Waals surface area contributed by atoms with E-state index in [1.165, 1.54) is 0 Å². The number of amides is 1. The van der Waals surface area contributed by atoms with Gasteiger partial charge in [-0.05, 0) is 22.0 Å². The standard InChI is InChI=1S/C14H13BrClN5O/c1-2-12-17-4-9(19-12)5-18-14(22)11-7-21-6-8(16)3-10(15)13(21)20-11/h3-4,6-7H,2,5H2,1H3,(H,17,19)(H,18,22). The Bertz CT molecular complexity index is 841. The van der Waals surface area contributed by atoms with Crippen molar-refractivity contribution in [2.75, 3.05) is 0 Å². The van der Waals surface area contributed by atoms with E-state index in [-0.39, 0.29) is 5.91 Å². The zero-order valence-corrected chi connectivity index (χ0v) is 14.1. The number of halogens is 2. The van der Waals surface area contributed by atoms with Gasteiger partial charge in [0, 0.05) is 18.8 Å². The summed E-state index contributed by atoms with van der Waals surface area (Å²) in [5, 5.41) is 3.38. The van der Waals surface area contributed by atoms with Gasteiger partial charge in [0.15, 0.2) is 5.65 Å². The molecule has 1 amide bonds. The van der Waals surface area contributed by atoms with Crippen molar-refractivity contribution in [3.8, 4) is 0 Å². The topological polar surface area (TPSA) is 75.1 Å². The van der Waals surface area contributed by atoms with E-state index in [1.54, 1.807) is 29.1 Å². The lowest BCUT2D eigenvalue weighted by atomic mass is 10.4. The summed E-state index contributed by atoms with van der Waals surface area (Å²) in [6.45, 7) is 2.39. The van der Waals surface area contributed by atoms with Crippen LogP contribution >= 0.6 is 27.5 Å². The fraction of sp³-hybridized carbons (Fsp3) is 0.214. The molecule has 3 aromatic heterocycles. The molecule has 0 radical (unpaired) electrons. The lowest BCUT2D eigenvalue weighted by molar-refractivity contribution is 0.0946. The van der Waals surface area contributed by atoms with E-state index >= 15 is 0 Å². The third-order valence-corrected chi connectivity index (χ3v) is 3.95. The van der Waals surface area contributed by atoms with E-state index < -0.39 is 0 Å². The minimum atomic E-state index is -0.251. The van der Waals surface area contributed by atoms with E-state index in [0.29, 0.717) is 22.9 Å². The Balaban J connectivity index is 1.76. The maximum absolute atomic E-state index is 12.2. The maximum Gasteiger partial charge on any atom is 0.271 e. The van der Waals surface area contributed by atoms with Gasteiger partial charge in [-0.15, -0.1) is 0 Å². The highest BCUT2D eigenvalue weighted by Gasteiger charge is 2.13. The number of nitrogens with zero attached hydrogens (tertiary/aromatic N) is 3. The van der Waals surface area contributed by atoms with E-state index in [2.05, 4.69) is 36.2 Å². The van der Waals surface area contributed by atoms with Gasteiger partial charge in [-0.1, -0.05) is 18.5 Å². The van der Waals surface area contributed by atoms with Crippen molar-refractivity contribution in [3.63, 3.8) is 0 Å². The van der Waals surface area contributed by atoms with Crippen LogP contribution in [0.3, 0.4) is 0 Å². The van der Waals surface area contributed by atoms with Gasteiger partial charge in [0.2, 0.25) is 0 Å². The summed E-state index contributed by atoms with van der Waals surface area (Å²) in [6.07, 6.45) is 5.90. The van der Waals surface area contributed by atoms with E-state index in [4.69, 9.17) is 11.6 Å². The molecule has 0 spiro atoms. The SMILES string of the molecule is CCc1ncc(CNC(=O)c2cn3cc(Cl)cc(Br)c3n2)[nH]1. The molecular formula is C14H13BrClN5O. The summed E-state index contributed by atoms with van der Waals surface area (Å²) in [7, 11) is 0. The van der Waals surface area contributed by atoms with E-state index in [9.17, 15) is 4.79 Å². The van der Waals surface area contributed by atoms with Crippen molar-refractivity contribution in [1.29, 1.82) is 0 Å². The fourth-order valence-electron chi connectivity index (χ4n) is 2.08. The molecule has 0 bridgehead atoms. The summed E-state index contributed by atoms with van der Waals surface area (Å²) in [5.74, 6) is 0.648. The number of aryl methyl sites for hydroxylation is 1. The summed E-state index contributed by atoms with van der Waals surface area (Å²) >= 11 is 9.36. The summed E-state index contributed by atoms with van der Waals surface area (Å²) in [6, 6.07) is 1.74. The van der Waals surface area contributed by atoms with Gasteiger partial charge < -0.3 is 14.7 Å². The third-order valence-electron chi connectivity index (χ3n) is 3.16. The van der Waals surface area contributed by atoms with Crippen molar-refractivity contribution in [2.45, 2.75) is 19.9 Å². The number of carbonyl (C=O) groups is 1. The monoisotopic (exact) mass is 381 g/mol. The first-order valence-corrected chi connectivity index (χ1v) is 7.88. The highest BCUT2D eigenvalue weighted by atomic mass is 79.9. The van der Waals surface area contributed by atoms with Crippen molar-refractivity contribution in [3.05, 3.63) is 51.4 Å². The first-order chi connectivity index (χ1) is 10.6. The second-order valence-corrected chi connectivity index (χ2v) is 6.05. The number of nitrogens with one attached hydrogen (secondary N) is 2. The molecule has 6 nitrogen and oxygen atoms in total. The summed E-state index contributed by atoms with van der Waals surface area (Å²) in [5.41, 5.74) is 1.83. The van der Waals surface area contributed by atoms with Crippen LogP contribution in [0.2, 0.25) is 5.02 Å². The first kappa shape index (κ1) is 15.1. The van der Waals surface area contributed by atoms with Gasteiger partial charge in [0.25, 0.3) is 5.91 Å². The summed E-state index contributed by atoms with van der Waals surface area (Å²) < 4.78 is 2.45. The van der Waals surface area contributed by atoms with Crippen LogP contribution in [0, 0.1) is 0 Å². The molecule has 0 aliphatic heterocycles. The smallest absolute Gasteiger partial charge is 0.271 e. The molecule has 0 atom stereocenters. The molecule has 2 N–H and O–H groups in total. The van der Waals surface area contributed by atoms with Crippen LogP contribution in [0.4, 0.5) is 0 Å². The largest absolute Gasteiger partial charge is 0.345 e. The molecule has 8 heteroatoms. The number of aromatic nitrogens is 4. The predicted molar refractivity (Wildman–Crippen MR) is 87.0 cm³/mol. The van der Waals surface area contributed by atoms with Gasteiger partial charge in [0.05, 0.1) is 27.9 Å². The van der Waals surface area contributed by atoms with Crippen LogP contribution in [0.5, 0.6) is 0 Å². The van der Waals surface area contributed by atoms with Crippen LogP contribution in [-0.2, 0) is 13.0 Å². The number of H-pyrrole nitrogens is 1. The Morgan fingerprint density at radius 1 is 1.50 bits per heavy atom. The minimum Gasteiger partial charge on any atom is -0.345 e. The number of pyridine rings is 1. The predicted octanol–water partition coefficient (Wildman–Crippen LogP) is 2.97. The van der Waals surface area contributed by atoms with Gasteiger partial charge in [-0.2, -0.15) is 0 Å². The molecule has 3 rings (SSSR count). The van der Waals surface area contributed by atoms with Crippen LogP contribution in [0.15, 0.2) is 29.1 Å². The number of carbonyl (C=O) groups excluding carboxylic acids is 1. The zero-order chi connectivity index (χ0) is 15.7. The van der Waals surface area contributed by atoms with E-state index in [1.807, 2.05) is 6.92 Å². The highest BCUT2D eigenvalue weighted by Crippen LogP contribution is 2.22. The average Bonchev–Trinajstić information content (AvgIpc) is 3.10. The van der Waals surface area contributed by atoms with Crippen LogP contribution < -0.4 is 5.32 Å². The number of imidazole rings is 2. The van der Waals surface area contributed by atoms with Gasteiger partial charge in [-0.25, -0.2) is 9.97 Å². The molecule has 0 unspecified atom stereocenters. The molecule has 0 aromatic carbocycles. The van der Waals surface area contributed by atoms with E-state index in [0.717, 1.165) is 22.4 Å². The van der Waals surface area contributed by atoms with Crippen LogP contribution in [-0.4, -0.2) is 25.3 Å². The van der Waals surface area contributed by atoms with Gasteiger partial charge >= 0.3 is 0 Å². The number of hydrogen-bond acceptors (Lipinski definition) is 3. The molecule has 0 fully saturated rings. The molecule has 3 aromatic rings. The zero-order valence-electron chi connectivity index (χ0n) is 11.7. The Morgan fingerprint density at radius 2 is 2.32 bits per heavy atom. The molecule has 0 saturated carbocycles. The second kappa shape index (κ2) is 6.10. The number of rotatable bonds is 4. The van der Waals surface area contributed by atoms with Crippen molar-refractivity contribution < 1.29 is 4.79 Å². The second-order valence-electron chi connectivity index (χ2n) is 4.75. The third kappa shape index (κ3) is 3.00. The van der Waals surface area contributed by atoms with Crippen LogP contribution in [0.1, 0.15) is 28.9 Å². The van der Waals surface area contributed by atoms with Crippen molar-refractivity contribution in [1.82, 2.24) is 24.7 Å². The van der Waals surface area contributed by atoms with Crippen molar-refractivity contribution in [2.24, 2.45) is 0 Å². The van der Waals surface area contributed by atoms with Gasteiger partial charge in [0.1, 0.15) is 11.5 Å². The normalized spacial score (nSPS) is 11.0. The number of fused-ring (bicyclic) bond motifs is 1. The average molecular weight is 383 g/mol. The lowest BCUT2D eigenvalue weighted by Gasteiger charge is -2.00. The molecule has 0 aliphatic carbocycles. The molecular weight excluding hydrogens is 370 g/mol. The van der Waals surface area contributed by atoms with Crippen LogP contribution in [0.25, 0.3) is 5.65 Å². The quantitative estimate of drug-likeness (QED) is 0.728. The molecule has 3 heterocycles. The summed E-state index contributed by atoms with van der Waals surface area (Å²) in [4.78, 5) is 23.8. The number of aromatic amines is 1. The number of hydrogen-bond donors (Lipinski definition) is 2. The molecule has 0 saturated heterocycles.